The first kappa shape index (κ1) is 20.3. The highest BCUT2D eigenvalue weighted by Crippen LogP contribution is 2.46. The van der Waals surface area contributed by atoms with E-state index in [1.807, 2.05) is 13.0 Å². The second kappa shape index (κ2) is 7.70. The van der Waals surface area contributed by atoms with Crippen molar-refractivity contribution < 1.29 is 32.5 Å². The Hall–Kier alpha value is -2.96. The number of aliphatic hydroxyl groups is 1. The number of hydrogen-bond donors (Lipinski definition) is 1. The number of carbonyl (C=O) groups is 1. The molecule has 30 heavy (non-hydrogen) atoms. The average Bonchev–Trinajstić information content (AvgIpc) is 3.15. The molecule has 7 heteroatoms. The summed E-state index contributed by atoms with van der Waals surface area (Å²) in [5.41, 5.74) is 1.96. The number of allylic oxidation sites excluding steroid dienone is 2. The second-order valence-corrected chi connectivity index (χ2v) is 7.63. The Morgan fingerprint density at radius 3 is 2.30 bits per heavy atom. The van der Waals surface area contributed by atoms with E-state index >= 15 is 0 Å². The summed E-state index contributed by atoms with van der Waals surface area (Å²) in [6, 6.07) is 10.4. The molecule has 1 saturated carbocycles. The van der Waals surface area contributed by atoms with Crippen LogP contribution in [0.15, 0.2) is 48.2 Å². The molecule has 0 saturated heterocycles. The predicted octanol–water partition coefficient (Wildman–Crippen LogP) is 6.21. The summed E-state index contributed by atoms with van der Waals surface area (Å²) in [5, 5.41) is 10.7. The molecular weight excluding hydrogens is 397 g/mol. The molecule has 0 unspecified atom stereocenters. The highest BCUT2D eigenvalue weighted by atomic mass is 19.4. The number of ether oxygens (including phenoxy) is 2. The van der Waals surface area contributed by atoms with Crippen molar-refractivity contribution in [1.82, 2.24) is 0 Å². The second-order valence-electron chi connectivity index (χ2n) is 7.63. The lowest BCUT2D eigenvalue weighted by Crippen LogP contribution is -2.21. The minimum Gasteiger partial charge on any atom is -0.511 e. The van der Waals surface area contributed by atoms with Crippen molar-refractivity contribution in [3.63, 3.8) is 0 Å². The van der Waals surface area contributed by atoms with E-state index in [0.29, 0.717) is 35.5 Å². The Morgan fingerprint density at radius 1 is 1.00 bits per heavy atom. The molecule has 2 atom stereocenters. The molecule has 158 valence electrons. The fourth-order valence-corrected chi connectivity index (χ4v) is 4.28. The first-order valence-electron chi connectivity index (χ1n) is 9.89. The van der Waals surface area contributed by atoms with Gasteiger partial charge >= 0.3 is 6.36 Å². The fraction of sp³-hybridized carbons (Fsp3) is 0.348. The summed E-state index contributed by atoms with van der Waals surface area (Å²) in [5.74, 6) is 0.534. The van der Waals surface area contributed by atoms with Gasteiger partial charge in [-0.1, -0.05) is 13.0 Å². The van der Waals surface area contributed by atoms with Crippen LogP contribution in [0.4, 0.5) is 13.2 Å². The van der Waals surface area contributed by atoms with Crippen LogP contribution in [0.1, 0.15) is 37.3 Å². The molecule has 2 aliphatic carbocycles. The number of hydrogen-bond acceptors (Lipinski definition) is 4. The molecule has 0 radical (unpaired) electrons. The van der Waals surface area contributed by atoms with Crippen LogP contribution in [0.2, 0.25) is 0 Å². The SMILES string of the molecule is CCc1ccc(Oc2ccc(OC(F)(F)F)cc2)cc1C1=C(O)[C@H]2CC[C@H](C2)C1=O. The molecular formula is C23H21F3O4. The van der Waals surface area contributed by atoms with E-state index in [4.69, 9.17) is 4.74 Å². The van der Waals surface area contributed by atoms with E-state index in [1.165, 1.54) is 24.3 Å². The Morgan fingerprint density at radius 2 is 1.63 bits per heavy atom. The number of fused-ring (bicyclic) bond motifs is 2. The van der Waals surface area contributed by atoms with Crippen LogP contribution in [-0.2, 0) is 11.2 Å². The van der Waals surface area contributed by atoms with Crippen LogP contribution in [0.25, 0.3) is 5.57 Å². The third kappa shape index (κ3) is 4.01. The van der Waals surface area contributed by atoms with Crippen molar-refractivity contribution in [2.45, 2.75) is 39.0 Å². The van der Waals surface area contributed by atoms with Gasteiger partial charge in [0.25, 0.3) is 0 Å². The van der Waals surface area contributed by atoms with Gasteiger partial charge < -0.3 is 14.6 Å². The molecule has 4 rings (SSSR count). The third-order valence-electron chi connectivity index (χ3n) is 5.72. The molecule has 2 aliphatic rings. The molecule has 0 aliphatic heterocycles. The minimum absolute atomic E-state index is 0.0261. The quantitative estimate of drug-likeness (QED) is 0.627. The number of aliphatic hydroxyl groups excluding tert-OH is 1. The maximum atomic E-state index is 12.9. The van der Waals surface area contributed by atoms with Crippen molar-refractivity contribution in [3.05, 3.63) is 59.4 Å². The van der Waals surface area contributed by atoms with E-state index in [-0.39, 0.29) is 29.1 Å². The summed E-state index contributed by atoms with van der Waals surface area (Å²) in [6.45, 7) is 1.97. The van der Waals surface area contributed by atoms with Gasteiger partial charge in [0, 0.05) is 11.8 Å². The zero-order chi connectivity index (χ0) is 21.5. The Kier molecular flexibility index (Phi) is 5.22. The molecule has 2 aromatic rings. The van der Waals surface area contributed by atoms with E-state index in [9.17, 15) is 23.1 Å². The number of ketones is 1. The molecule has 2 aromatic carbocycles. The van der Waals surface area contributed by atoms with E-state index in [2.05, 4.69) is 4.74 Å². The summed E-state index contributed by atoms with van der Waals surface area (Å²) in [6.07, 6.45) is -1.76. The molecule has 4 nitrogen and oxygen atoms in total. The van der Waals surface area contributed by atoms with Crippen LogP contribution < -0.4 is 9.47 Å². The number of rotatable bonds is 5. The molecule has 2 bridgehead atoms. The van der Waals surface area contributed by atoms with Crippen molar-refractivity contribution in [1.29, 1.82) is 0 Å². The van der Waals surface area contributed by atoms with Gasteiger partial charge in [-0.15, -0.1) is 13.2 Å². The van der Waals surface area contributed by atoms with Crippen molar-refractivity contribution >= 4 is 11.4 Å². The number of carbonyl (C=O) groups excluding carboxylic acids is 1. The van der Waals surface area contributed by atoms with Gasteiger partial charge in [-0.05, 0) is 73.2 Å². The first-order valence-corrected chi connectivity index (χ1v) is 9.89. The number of benzene rings is 2. The largest absolute Gasteiger partial charge is 0.573 e. The fourth-order valence-electron chi connectivity index (χ4n) is 4.28. The topological polar surface area (TPSA) is 55.8 Å². The molecule has 0 amide bonds. The summed E-state index contributed by atoms with van der Waals surface area (Å²) in [4.78, 5) is 12.9. The Bertz CT molecular complexity index is 992. The summed E-state index contributed by atoms with van der Waals surface area (Å²) < 4.78 is 46.5. The molecule has 0 spiro atoms. The van der Waals surface area contributed by atoms with Crippen LogP contribution >= 0.6 is 0 Å². The standard InChI is InChI=1S/C23H21F3O4/c1-2-13-5-6-18(29-16-7-9-17(10-8-16)30-23(24,25)26)12-19(13)20-21(27)14-3-4-15(11-14)22(20)28/h5-10,12,14-15,27H,2-4,11H2,1H3/t14-,15+/m0/s1. The number of aryl methyl sites for hydroxylation is 1. The van der Waals surface area contributed by atoms with Crippen LogP contribution in [0.5, 0.6) is 17.2 Å². The molecule has 1 fully saturated rings. The highest BCUT2D eigenvalue weighted by Gasteiger charge is 2.41. The lowest BCUT2D eigenvalue weighted by molar-refractivity contribution is -0.274. The maximum absolute atomic E-state index is 12.9. The highest BCUT2D eigenvalue weighted by molar-refractivity contribution is 6.23. The number of halogens is 3. The molecule has 1 N–H and O–H groups in total. The lowest BCUT2D eigenvalue weighted by Gasteiger charge is -2.23. The minimum atomic E-state index is -4.76. The van der Waals surface area contributed by atoms with E-state index in [1.54, 1.807) is 12.1 Å². The number of Topliss-reactive ketones (excluding diaryl/α,β-unsaturated/α-hetero) is 1. The average molecular weight is 418 g/mol. The maximum Gasteiger partial charge on any atom is 0.573 e. The zero-order valence-electron chi connectivity index (χ0n) is 16.3. The van der Waals surface area contributed by atoms with Crippen molar-refractivity contribution in [2.24, 2.45) is 11.8 Å². The van der Waals surface area contributed by atoms with Crippen molar-refractivity contribution in [2.75, 3.05) is 0 Å². The van der Waals surface area contributed by atoms with Gasteiger partial charge in [0.2, 0.25) is 0 Å². The van der Waals surface area contributed by atoms with Crippen molar-refractivity contribution in [3.8, 4) is 17.2 Å². The van der Waals surface area contributed by atoms with Crippen LogP contribution in [0.3, 0.4) is 0 Å². The van der Waals surface area contributed by atoms with Gasteiger partial charge in [0.1, 0.15) is 23.0 Å². The van der Waals surface area contributed by atoms with Crippen LogP contribution in [0, 0.1) is 11.8 Å². The summed E-state index contributed by atoms with van der Waals surface area (Å²) >= 11 is 0. The Labute approximate surface area is 171 Å². The summed E-state index contributed by atoms with van der Waals surface area (Å²) in [7, 11) is 0. The van der Waals surface area contributed by atoms with Gasteiger partial charge in [-0.25, -0.2) is 0 Å². The Balaban J connectivity index is 1.62. The first-order chi connectivity index (χ1) is 14.2. The normalized spacial score (nSPS) is 21.1. The smallest absolute Gasteiger partial charge is 0.511 e. The lowest BCUT2D eigenvalue weighted by atomic mass is 9.81. The third-order valence-corrected chi connectivity index (χ3v) is 5.72. The zero-order valence-corrected chi connectivity index (χ0v) is 16.3. The van der Waals surface area contributed by atoms with Gasteiger partial charge in [-0.2, -0.15) is 0 Å². The predicted molar refractivity (Wildman–Crippen MR) is 104 cm³/mol. The van der Waals surface area contributed by atoms with Gasteiger partial charge in [0.15, 0.2) is 5.78 Å². The monoisotopic (exact) mass is 418 g/mol. The van der Waals surface area contributed by atoms with Gasteiger partial charge in [0.05, 0.1) is 5.57 Å². The molecule has 0 aromatic heterocycles. The van der Waals surface area contributed by atoms with Crippen LogP contribution in [-0.4, -0.2) is 17.3 Å². The molecule has 0 heterocycles. The number of alkyl halides is 3. The van der Waals surface area contributed by atoms with E-state index < -0.39 is 6.36 Å². The van der Waals surface area contributed by atoms with E-state index in [0.717, 1.165) is 18.4 Å². The van der Waals surface area contributed by atoms with Gasteiger partial charge in [-0.3, -0.25) is 4.79 Å².